The maximum Gasteiger partial charge on any atom is 0.345 e. The maximum absolute atomic E-state index is 11.0. The zero-order chi connectivity index (χ0) is 13.7. The van der Waals surface area contributed by atoms with Crippen LogP contribution >= 0.6 is 0 Å². The Morgan fingerprint density at radius 1 is 1.22 bits per heavy atom. The fourth-order valence-electron chi connectivity index (χ4n) is 1.38. The lowest BCUT2D eigenvalue weighted by molar-refractivity contribution is -0.140. The number of aromatic nitrogens is 1. The Hall–Kier alpha value is -2.37. The average Bonchev–Trinajstić information content (AvgIpc) is 2.27. The smallest absolute Gasteiger partial charge is 0.345 e. The van der Waals surface area contributed by atoms with E-state index >= 15 is 0 Å². The van der Waals surface area contributed by atoms with Crippen LogP contribution in [0.5, 0.6) is 0 Å². The molecule has 0 saturated carbocycles. The lowest BCUT2D eigenvalue weighted by atomic mass is 10.1. The van der Waals surface area contributed by atoms with Gasteiger partial charge >= 0.3 is 11.9 Å². The van der Waals surface area contributed by atoms with E-state index < -0.39 is 17.5 Å². The normalized spacial score (nSPS) is 9.94. The Labute approximate surface area is 104 Å². The highest BCUT2D eigenvalue weighted by molar-refractivity contribution is 6.18. The third kappa shape index (κ3) is 3.31. The summed E-state index contributed by atoms with van der Waals surface area (Å²) in [6, 6.07) is 4.76. The van der Waals surface area contributed by atoms with Gasteiger partial charge in [0.1, 0.15) is 0 Å². The van der Waals surface area contributed by atoms with Gasteiger partial charge < -0.3 is 15.5 Å². The number of carboxylic acids is 2. The molecule has 0 saturated heterocycles. The minimum Gasteiger partial charge on any atom is -0.477 e. The number of nitrogens with zero attached hydrogens (tertiary/aromatic N) is 1. The Morgan fingerprint density at radius 3 is 2.22 bits per heavy atom. The average molecular weight is 250 g/mol. The van der Waals surface area contributed by atoms with Crippen molar-refractivity contribution in [2.75, 3.05) is 0 Å². The molecule has 3 N–H and O–H groups in total. The number of nitrogens with one attached hydrogen (secondary N) is 1. The van der Waals surface area contributed by atoms with Crippen LogP contribution in [0.1, 0.15) is 19.5 Å². The molecule has 0 fully saturated rings. The SMILES string of the molecule is CC(C)NC(=C(C(=O)O)C(=O)O)c1ccccn1. The fourth-order valence-corrected chi connectivity index (χ4v) is 1.38. The van der Waals surface area contributed by atoms with Crippen LogP contribution in [0.2, 0.25) is 0 Å². The third-order valence-electron chi connectivity index (χ3n) is 2.03. The van der Waals surface area contributed by atoms with Gasteiger partial charge in [0.25, 0.3) is 0 Å². The standard InChI is InChI=1S/C12H14N2O4/c1-7(2)14-10(8-5-3-4-6-13-8)9(11(15)16)12(17)18/h3-7,14H,1-2H3,(H,15,16)(H,17,18). The first-order chi connectivity index (χ1) is 8.43. The third-order valence-corrected chi connectivity index (χ3v) is 2.03. The zero-order valence-electron chi connectivity index (χ0n) is 10.0. The van der Waals surface area contributed by atoms with Crippen LogP contribution in [0.4, 0.5) is 0 Å². The predicted molar refractivity (Wildman–Crippen MR) is 64.7 cm³/mol. The summed E-state index contributed by atoms with van der Waals surface area (Å²) in [4.78, 5) is 26.0. The summed E-state index contributed by atoms with van der Waals surface area (Å²) < 4.78 is 0. The monoisotopic (exact) mass is 250 g/mol. The van der Waals surface area contributed by atoms with Crippen LogP contribution in [-0.2, 0) is 9.59 Å². The Kier molecular flexibility index (Phi) is 4.42. The van der Waals surface area contributed by atoms with Crippen molar-refractivity contribution in [3.05, 3.63) is 35.7 Å². The number of hydrogen-bond donors (Lipinski definition) is 3. The van der Waals surface area contributed by atoms with Crippen molar-refractivity contribution in [1.82, 2.24) is 10.3 Å². The van der Waals surface area contributed by atoms with Crippen molar-refractivity contribution in [2.45, 2.75) is 19.9 Å². The van der Waals surface area contributed by atoms with Crippen molar-refractivity contribution in [1.29, 1.82) is 0 Å². The first-order valence-electron chi connectivity index (χ1n) is 5.32. The lowest BCUT2D eigenvalue weighted by Gasteiger charge is -2.15. The quantitative estimate of drug-likeness (QED) is 0.409. The molecule has 0 aliphatic rings. The Balaban J connectivity index is 3.40. The van der Waals surface area contributed by atoms with Gasteiger partial charge in [-0.3, -0.25) is 4.98 Å². The molecule has 0 aromatic carbocycles. The molecular weight excluding hydrogens is 236 g/mol. The number of hydrogen-bond acceptors (Lipinski definition) is 4. The molecule has 1 rings (SSSR count). The fraction of sp³-hybridized carbons (Fsp3) is 0.250. The molecule has 18 heavy (non-hydrogen) atoms. The largest absolute Gasteiger partial charge is 0.477 e. The van der Waals surface area contributed by atoms with Crippen LogP contribution in [0.3, 0.4) is 0 Å². The summed E-state index contributed by atoms with van der Waals surface area (Å²) in [6.45, 7) is 3.56. The molecule has 1 aromatic heterocycles. The number of pyridine rings is 1. The minimum atomic E-state index is -1.50. The summed E-state index contributed by atoms with van der Waals surface area (Å²) in [5, 5.41) is 20.8. The summed E-state index contributed by atoms with van der Waals surface area (Å²) in [7, 11) is 0. The lowest BCUT2D eigenvalue weighted by Crippen LogP contribution is -2.27. The highest BCUT2D eigenvalue weighted by Crippen LogP contribution is 2.15. The summed E-state index contributed by atoms with van der Waals surface area (Å²) >= 11 is 0. The topological polar surface area (TPSA) is 99.5 Å². The second-order valence-electron chi connectivity index (χ2n) is 3.87. The molecule has 0 amide bonds. The number of rotatable bonds is 5. The van der Waals surface area contributed by atoms with Crippen LogP contribution < -0.4 is 5.32 Å². The minimum absolute atomic E-state index is 0.00519. The molecule has 1 heterocycles. The van der Waals surface area contributed by atoms with Crippen molar-refractivity contribution in [2.24, 2.45) is 0 Å². The molecule has 0 aliphatic carbocycles. The molecule has 96 valence electrons. The first kappa shape index (κ1) is 13.7. The van der Waals surface area contributed by atoms with Gasteiger partial charge in [-0.1, -0.05) is 6.07 Å². The maximum atomic E-state index is 11.0. The molecule has 0 spiro atoms. The Morgan fingerprint density at radius 2 is 1.83 bits per heavy atom. The van der Waals surface area contributed by atoms with Gasteiger partial charge in [0, 0.05) is 12.2 Å². The number of carbonyl (C=O) groups is 2. The van der Waals surface area contributed by atoms with Crippen molar-refractivity contribution in [3.63, 3.8) is 0 Å². The summed E-state index contributed by atoms with van der Waals surface area (Å²) in [5.74, 6) is -3.01. The highest BCUT2D eigenvalue weighted by Gasteiger charge is 2.24. The van der Waals surface area contributed by atoms with Crippen LogP contribution in [0.25, 0.3) is 5.70 Å². The predicted octanol–water partition coefficient (Wildman–Crippen LogP) is 0.960. The molecule has 0 atom stereocenters. The van der Waals surface area contributed by atoms with Gasteiger partial charge in [0.2, 0.25) is 0 Å². The molecule has 6 nitrogen and oxygen atoms in total. The molecule has 1 aromatic rings. The van der Waals surface area contributed by atoms with E-state index in [1.807, 2.05) is 0 Å². The molecule has 0 aliphatic heterocycles. The van der Waals surface area contributed by atoms with E-state index in [9.17, 15) is 9.59 Å². The molecule has 0 radical (unpaired) electrons. The van der Waals surface area contributed by atoms with Gasteiger partial charge in [-0.05, 0) is 26.0 Å². The van der Waals surface area contributed by atoms with Gasteiger partial charge in [0.15, 0.2) is 5.57 Å². The molecule has 6 heteroatoms. The van der Waals surface area contributed by atoms with Crippen LogP contribution in [0.15, 0.2) is 30.0 Å². The molecule has 0 unspecified atom stereocenters. The van der Waals surface area contributed by atoms with E-state index in [0.29, 0.717) is 0 Å². The number of carboxylic acid groups (broad SMARTS) is 2. The van der Waals surface area contributed by atoms with Gasteiger partial charge in [-0.15, -0.1) is 0 Å². The highest BCUT2D eigenvalue weighted by atomic mass is 16.4. The second kappa shape index (κ2) is 5.81. The second-order valence-corrected chi connectivity index (χ2v) is 3.87. The van der Waals surface area contributed by atoms with E-state index in [2.05, 4.69) is 10.3 Å². The van der Waals surface area contributed by atoms with Crippen molar-refractivity contribution < 1.29 is 19.8 Å². The van der Waals surface area contributed by atoms with Crippen molar-refractivity contribution in [3.8, 4) is 0 Å². The van der Waals surface area contributed by atoms with E-state index in [1.54, 1.807) is 32.0 Å². The Bertz CT molecular complexity index is 464. The van der Waals surface area contributed by atoms with Gasteiger partial charge in [0.05, 0.1) is 11.4 Å². The van der Waals surface area contributed by atoms with Gasteiger partial charge in [-0.25, -0.2) is 9.59 Å². The van der Waals surface area contributed by atoms with Crippen molar-refractivity contribution >= 4 is 17.6 Å². The van der Waals surface area contributed by atoms with Gasteiger partial charge in [-0.2, -0.15) is 0 Å². The number of aliphatic carboxylic acids is 2. The summed E-state index contributed by atoms with van der Waals surface area (Å²) in [6.07, 6.45) is 1.47. The summed E-state index contributed by atoms with van der Waals surface area (Å²) in [5.41, 5.74) is -0.431. The zero-order valence-corrected chi connectivity index (χ0v) is 10.0. The first-order valence-corrected chi connectivity index (χ1v) is 5.32. The molecule has 0 bridgehead atoms. The van der Waals surface area contributed by atoms with E-state index in [-0.39, 0.29) is 17.4 Å². The van der Waals surface area contributed by atoms with E-state index in [4.69, 9.17) is 10.2 Å². The van der Waals surface area contributed by atoms with E-state index in [1.165, 1.54) is 6.20 Å². The van der Waals surface area contributed by atoms with Crippen LogP contribution in [-0.4, -0.2) is 33.2 Å². The molecular formula is C12H14N2O4. The van der Waals surface area contributed by atoms with E-state index in [0.717, 1.165) is 0 Å². The van der Waals surface area contributed by atoms with Crippen LogP contribution in [0, 0.1) is 0 Å².